The lowest BCUT2D eigenvalue weighted by atomic mass is 10.1. The van der Waals surface area contributed by atoms with Gasteiger partial charge in [-0.15, -0.1) is 0 Å². The molecule has 1 aromatic carbocycles. The van der Waals surface area contributed by atoms with Crippen molar-refractivity contribution >= 4 is 11.9 Å². The van der Waals surface area contributed by atoms with Gasteiger partial charge in [0, 0.05) is 12.5 Å². The van der Waals surface area contributed by atoms with Gasteiger partial charge in [0.25, 0.3) is 0 Å². The molecule has 0 bridgehead atoms. The summed E-state index contributed by atoms with van der Waals surface area (Å²) in [6.07, 6.45) is -0.745. The minimum Gasteiger partial charge on any atom is -0.465 e. The summed E-state index contributed by atoms with van der Waals surface area (Å²) in [4.78, 5) is 25.6. The summed E-state index contributed by atoms with van der Waals surface area (Å²) in [5, 5.41) is 0. The minimum atomic E-state index is -0.553. The van der Waals surface area contributed by atoms with E-state index in [1.807, 2.05) is 70.0 Å². The molecule has 0 radical (unpaired) electrons. The molecular weight excluding hydrogens is 306 g/mol. The highest BCUT2D eigenvalue weighted by molar-refractivity contribution is 5.91. The topological polar surface area (TPSA) is 55.8 Å². The summed E-state index contributed by atoms with van der Waals surface area (Å²) in [5.74, 6) is -0.746. The second kappa shape index (κ2) is 10.1. The summed E-state index contributed by atoms with van der Waals surface area (Å²) < 4.78 is 10.5. The van der Waals surface area contributed by atoms with E-state index in [0.29, 0.717) is 13.2 Å². The van der Waals surface area contributed by atoms with Crippen LogP contribution in [0.1, 0.15) is 39.7 Å². The number of hydrogen-bond acceptors (Lipinski definition) is 5. The largest absolute Gasteiger partial charge is 0.465 e. The highest BCUT2D eigenvalue weighted by atomic mass is 16.6. The molecule has 0 aliphatic rings. The maximum atomic E-state index is 12.0. The van der Waals surface area contributed by atoms with Crippen molar-refractivity contribution in [2.45, 2.75) is 46.9 Å². The first-order valence-electron chi connectivity index (χ1n) is 8.38. The Morgan fingerprint density at radius 3 is 2.21 bits per heavy atom. The van der Waals surface area contributed by atoms with E-state index in [0.717, 1.165) is 5.56 Å². The molecule has 134 valence electrons. The number of carbonyl (C=O) groups is 2. The Bertz CT molecular complexity index is 513. The molecule has 0 fully saturated rings. The Labute approximate surface area is 144 Å². The maximum Gasteiger partial charge on any atom is 0.318 e. The van der Waals surface area contributed by atoms with E-state index in [9.17, 15) is 9.59 Å². The van der Waals surface area contributed by atoms with Gasteiger partial charge in [0.05, 0.1) is 6.61 Å². The van der Waals surface area contributed by atoms with Crippen LogP contribution in [0.4, 0.5) is 0 Å². The van der Waals surface area contributed by atoms with Crippen molar-refractivity contribution < 1.29 is 19.1 Å². The predicted octanol–water partition coefficient (Wildman–Crippen LogP) is 3.23. The Hall–Kier alpha value is -1.88. The van der Waals surface area contributed by atoms with Crippen LogP contribution >= 0.6 is 0 Å². The van der Waals surface area contributed by atoms with E-state index in [1.165, 1.54) is 0 Å². The van der Waals surface area contributed by atoms with Crippen LogP contribution in [0.25, 0.3) is 0 Å². The van der Waals surface area contributed by atoms with Gasteiger partial charge in [-0.1, -0.05) is 58.0 Å². The van der Waals surface area contributed by atoms with Crippen molar-refractivity contribution in [1.82, 2.24) is 4.90 Å². The van der Waals surface area contributed by atoms with Crippen LogP contribution in [0.2, 0.25) is 0 Å². The summed E-state index contributed by atoms with van der Waals surface area (Å²) in [7, 11) is 1.90. The zero-order valence-corrected chi connectivity index (χ0v) is 15.3. The molecule has 0 aliphatic heterocycles. The quantitative estimate of drug-likeness (QED) is 0.394. The molecule has 5 heteroatoms. The molecule has 0 aromatic heterocycles. The van der Waals surface area contributed by atoms with Gasteiger partial charge in [-0.05, 0) is 18.5 Å². The van der Waals surface area contributed by atoms with Gasteiger partial charge >= 0.3 is 11.9 Å². The van der Waals surface area contributed by atoms with Crippen LogP contribution in [0.3, 0.4) is 0 Å². The Morgan fingerprint density at radius 1 is 1.04 bits per heavy atom. The predicted molar refractivity (Wildman–Crippen MR) is 93.0 cm³/mol. The lowest BCUT2D eigenvalue weighted by Crippen LogP contribution is -2.39. The number of esters is 2. The Kier molecular flexibility index (Phi) is 8.47. The van der Waals surface area contributed by atoms with Gasteiger partial charge in [-0.2, -0.15) is 0 Å². The summed E-state index contributed by atoms with van der Waals surface area (Å²) in [6.45, 7) is 8.83. The molecule has 24 heavy (non-hydrogen) atoms. The van der Waals surface area contributed by atoms with Gasteiger partial charge in [0.2, 0.25) is 0 Å². The minimum absolute atomic E-state index is 0.106. The number of ether oxygens (including phenoxy) is 2. The van der Waals surface area contributed by atoms with Crippen LogP contribution < -0.4 is 0 Å². The van der Waals surface area contributed by atoms with Crippen molar-refractivity contribution in [3.05, 3.63) is 35.9 Å². The van der Waals surface area contributed by atoms with Crippen molar-refractivity contribution in [2.24, 2.45) is 11.8 Å². The molecule has 0 N–H and O–H groups in total. The zero-order chi connectivity index (χ0) is 18.1. The average Bonchev–Trinajstić information content (AvgIpc) is 2.51. The van der Waals surface area contributed by atoms with Gasteiger partial charge < -0.3 is 9.47 Å². The fourth-order valence-corrected chi connectivity index (χ4v) is 2.30. The normalized spacial score (nSPS) is 12.5. The fraction of sp³-hybridized carbons (Fsp3) is 0.579. The highest BCUT2D eigenvalue weighted by Crippen LogP contribution is 2.15. The van der Waals surface area contributed by atoms with Crippen molar-refractivity contribution in [3.8, 4) is 0 Å². The van der Waals surface area contributed by atoms with E-state index in [1.54, 1.807) is 0 Å². The van der Waals surface area contributed by atoms with Crippen LogP contribution in [-0.2, 0) is 25.6 Å². The molecule has 0 saturated heterocycles. The lowest BCUT2D eigenvalue weighted by molar-refractivity contribution is -0.168. The number of nitrogens with zero attached hydrogens (tertiary/aromatic N) is 1. The first-order valence-corrected chi connectivity index (χ1v) is 8.38. The summed E-state index contributed by atoms with van der Waals surface area (Å²) >= 11 is 0. The summed E-state index contributed by atoms with van der Waals surface area (Å²) in [6, 6.07) is 9.97. The summed E-state index contributed by atoms with van der Waals surface area (Å²) in [5.41, 5.74) is 1.14. The average molecular weight is 335 g/mol. The fourth-order valence-electron chi connectivity index (χ4n) is 2.30. The van der Waals surface area contributed by atoms with E-state index in [2.05, 4.69) is 0 Å². The molecule has 0 saturated carbocycles. The molecule has 1 atom stereocenters. The Balaban J connectivity index is 2.55. The number of rotatable bonds is 9. The third kappa shape index (κ3) is 7.59. The second-order valence-corrected chi connectivity index (χ2v) is 6.78. The van der Waals surface area contributed by atoms with E-state index >= 15 is 0 Å². The standard InChI is InChI=1S/C19H29NO4/c1-14(2)13-23-17(21)11-18(22)24-19(15(3)4)20(5)12-16-9-7-6-8-10-16/h6-10,14-15,19H,11-13H2,1-5H3/t19-/m0/s1. The van der Waals surface area contributed by atoms with Crippen LogP contribution in [-0.4, -0.2) is 36.7 Å². The molecule has 1 aromatic rings. The first-order chi connectivity index (χ1) is 11.3. The van der Waals surface area contributed by atoms with Gasteiger partial charge in [-0.3, -0.25) is 14.5 Å². The lowest BCUT2D eigenvalue weighted by Gasteiger charge is -2.30. The molecule has 0 aliphatic carbocycles. The smallest absolute Gasteiger partial charge is 0.318 e. The molecule has 0 heterocycles. The third-order valence-electron chi connectivity index (χ3n) is 3.40. The highest BCUT2D eigenvalue weighted by Gasteiger charge is 2.24. The van der Waals surface area contributed by atoms with Crippen molar-refractivity contribution in [1.29, 1.82) is 0 Å². The number of benzene rings is 1. The van der Waals surface area contributed by atoms with Crippen LogP contribution in [0, 0.1) is 11.8 Å². The molecule has 0 amide bonds. The number of hydrogen-bond donors (Lipinski definition) is 0. The Morgan fingerprint density at radius 2 is 1.67 bits per heavy atom. The SMILES string of the molecule is CC(C)COC(=O)CC(=O)O[C@@H](C(C)C)N(C)Cc1ccccc1. The maximum absolute atomic E-state index is 12.0. The van der Waals surface area contributed by atoms with Gasteiger partial charge in [-0.25, -0.2) is 0 Å². The van der Waals surface area contributed by atoms with E-state index in [4.69, 9.17) is 9.47 Å². The monoisotopic (exact) mass is 335 g/mol. The van der Waals surface area contributed by atoms with Gasteiger partial charge in [0.1, 0.15) is 6.42 Å². The van der Waals surface area contributed by atoms with Crippen molar-refractivity contribution in [3.63, 3.8) is 0 Å². The van der Waals surface area contributed by atoms with Crippen LogP contribution in [0.5, 0.6) is 0 Å². The first kappa shape index (κ1) is 20.2. The molecule has 1 rings (SSSR count). The van der Waals surface area contributed by atoms with Gasteiger partial charge in [0.15, 0.2) is 6.23 Å². The molecule has 5 nitrogen and oxygen atoms in total. The zero-order valence-electron chi connectivity index (χ0n) is 15.3. The van der Waals surface area contributed by atoms with Crippen LogP contribution in [0.15, 0.2) is 30.3 Å². The third-order valence-corrected chi connectivity index (χ3v) is 3.40. The number of carbonyl (C=O) groups excluding carboxylic acids is 2. The molecule has 0 unspecified atom stereocenters. The van der Waals surface area contributed by atoms with E-state index in [-0.39, 0.29) is 18.3 Å². The van der Waals surface area contributed by atoms with E-state index < -0.39 is 18.2 Å². The molecule has 0 spiro atoms. The second-order valence-electron chi connectivity index (χ2n) is 6.78. The van der Waals surface area contributed by atoms with Crippen molar-refractivity contribution in [2.75, 3.05) is 13.7 Å². The molecular formula is C19H29NO4.